The fourth-order valence-corrected chi connectivity index (χ4v) is 7.33. The second-order valence-corrected chi connectivity index (χ2v) is 14.2. The lowest BCUT2D eigenvalue weighted by Crippen LogP contribution is -2.03. The van der Waals surface area contributed by atoms with Crippen molar-refractivity contribution in [3.8, 4) is 67.4 Å². The van der Waals surface area contributed by atoms with Gasteiger partial charge < -0.3 is 8.83 Å². The van der Waals surface area contributed by atoms with Crippen molar-refractivity contribution in [2.45, 2.75) is 0 Å². The van der Waals surface area contributed by atoms with Crippen LogP contribution < -0.4 is 0 Å². The molecule has 0 bridgehead atoms. The topological polar surface area (TPSA) is 52.1 Å². The van der Waals surface area contributed by atoms with Crippen LogP contribution in [0.4, 0.5) is 43.9 Å². The summed E-state index contributed by atoms with van der Waals surface area (Å²) in [6.07, 6.45) is 0. The summed E-state index contributed by atoms with van der Waals surface area (Å²) in [6.45, 7) is 0. The van der Waals surface area contributed by atoms with E-state index in [9.17, 15) is 43.9 Å². The van der Waals surface area contributed by atoms with Crippen molar-refractivity contribution >= 4 is 33.0 Å². The van der Waals surface area contributed by atoms with Gasteiger partial charge in [0.1, 0.15) is 11.0 Å². The minimum Gasteiger partial charge on any atom is -0.436 e. The van der Waals surface area contributed by atoms with Crippen molar-refractivity contribution < 1.29 is 52.7 Å². The zero-order valence-electron chi connectivity index (χ0n) is 31.0. The molecule has 0 aliphatic heterocycles. The first-order valence-corrected chi connectivity index (χ1v) is 18.4. The van der Waals surface area contributed by atoms with E-state index in [2.05, 4.69) is 9.97 Å². The number of rotatable bonds is 6. The summed E-state index contributed by atoms with van der Waals surface area (Å²) in [5, 5.41) is 1.61. The molecule has 0 atom stereocenters. The lowest BCUT2D eigenvalue weighted by Gasteiger charge is -2.09. The van der Waals surface area contributed by atoms with Gasteiger partial charge in [-0.1, -0.05) is 72.8 Å². The highest BCUT2D eigenvalue weighted by molar-refractivity contribution is 6.01. The fraction of sp³-hybridized carbons (Fsp3) is 0. The van der Waals surface area contributed by atoms with Gasteiger partial charge in [-0.25, -0.2) is 53.9 Å². The number of oxazole rings is 2. The Balaban J connectivity index is 0.867. The van der Waals surface area contributed by atoms with Gasteiger partial charge in [0.05, 0.1) is 11.1 Å². The molecule has 0 aliphatic rings. The zero-order chi connectivity index (χ0) is 43.1. The van der Waals surface area contributed by atoms with Gasteiger partial charge in [-0.05, 0) is 92.7 Å². The molecule has 0 fully saturated rings. The summed E-state index contributed by atoms with van der Waals surface area (Å²) >= 11 is 0. The normalized spacial score (nSPS) is 11.7. The van der Waals surface area contributed by atoms with E-state index in [0.717, 1.165) is 10.8 Å². The maximum atomic E-state index is 14.4. The molecule has 0 N–H and O–H groups in total. The van der Waals surface area contributed by atoms with Crippen LogP contribution in [0, 0.1) is 58.2 Å². The van der Waals surface area contributed by atoms with Crippen LogP contribution >= 0.6 is 0 Å². The molecule has 0 spiro atoms. The van der Waals surface area contributed by atoms with E-state index < -0.39 is 69.3 Å². The molecule has 0 amide bonds. The minimum absolute atomic E-state index is 0.177. The van der Waals surface area contributed by atoms with Gasteiger partial charge in [-0.3, -0.25) is 0 Å². The highest BCUT2D eigenvalue weighted by atomic mass is 19.2. The smallest absolute Gasteiger partial charge is 0.227 e. The van der Waals surface area contributed by atoms with E-state index >= 15 is 0 Å². The molecule has 0 radical (unpaired) electrons. The lowest BCUT2D eigenvalue weighted by molar-refractivity contribution is 0.381. The number of halogens is 10. The van der Waals surface area contributed by atoms with Crippen LogP contribution in [0.5, 0.6) is 0 Å². The van der Waals surface area contributed by atoms with Crippen molar-refractivity contribution in [3.63, 3.8) is 0 Å². The molecule has 0 unspecified atom stereocenters. The Hall–Kier alpha value is -7.74. The summed E-state index contributed by atoms with van der Waals surface area (Å²) in [5.41, 5.74) is 3.77. The lowest BCUT2D eigenvalue weighted by atomic mass is 9.98. The first-order chi connectivity index (χ1) is 29.8. The Bertz CT molecular complexity index is 3080. The summed E-state index contributed by atoms with van der Waals surface area (Å²) in [7, 11) is 0. The van der Waals surface area contributed by atoms with Crippen LogP contribution in [0.25, 0.3) is 100 Å². The number of hydrogen-bond acceptors (Lipinski definition) is 4. The molecule has 10 rings (SSSR count). The Kier molecular flexibility index (Phi) is 8.98. The second kappa shape index (κ2) is 14.5. The number of hydrogen-bond donors (Lipinski definition) is 0. The van der Waals surface area contributed by atoms with Gasteiger partial charge in [-0.15, -0.1) is 0 Å². The standard InChI is InChI=1S/C48H20F10N2O2/c49-37-35(38(50)42(54)45(57)41(37)53)25-9-1-21(2-10-25)23-5-13-27(14-6-23)47-59-31-17-29-20-34-32(18-30(29)19-33(31)61-47)60-48(62-34)28-15-7-24(8-16-28)22-3-11-26(12-4-22)36-39(51)43(55)46(58)44(56)40(36)52/h1-20H. The van der Waals surface area contributed by atoms with Crippen LogP contribution in [-0.2, 0) is 0 Å². The van der Waals surface area contributed by atoms with E-state index in [1.165, 1.54) is 48.5 Å². The molecule has 0 saturated carbocycles. The Labute approximate surface area is 342 Å². The van der Waals surface area contributed by atoms with Crippen molar-refractivity contribution in [2.24, 2.45) is 0 Å². The summed E-state index contributed by atoms with van der Waals surface area (Å²) in [5.74, 6) is -19.5. The average molecular weight is 847 g/mol. The molecular weight excluding hydrogens is 827 g/mol. The van der Waals surface area contributed by atoms with Crippen LogP contribution in [0.2, 0.25) is 0 Å². The van der Waals surface area contributed by atoms with Crippen molar-refractivity contribution in [1.82, 2.24) is 9.97 Å². The molecule has 304 valence electrons. The maximum Gasteiger partial charge on any atom is 0.227 e. The molecule has 4 nitrogen and oxygen atoms in total. The van der Waals surface area contributed by atoms with Crippen LogP contribution in [0.1, 0.15) is 0 Å². The third kappa shape index (κ3) is 6.25. The molecule has 8 aromatic carbocycles. The van der Waals surface area contributed by atoms with Crippen molar-refractivity contribution in [3.05, 3.63) is 179 Å². The number of aromatic nitrogens is 2. The fourth-order valence-electron chi connectivity index (χ4n) is 7.33. The number of fused-ring (bicyclic) bond motifs is 3. The average Bonchev–Trinajstić information content (AvgIpc) is 3.92. The predicted octanol–water partition coefficient (Wildman–Crippen LogP) is 14.5. The largest absolute Gasteiger partial charge is 0.436 e. The van der Waals surface area contributed by atoms with E-state index in [1.54, 1.807) is 48.5 Å². The third-order valence-electron chi connectivity index (χ3n) is 10.6. The van der Waals surface area contributed by atoms with Crippen LogP contribution in [-0.4, -0.2) is 9.97 Å². The summed E-state index contributed by atoms with van der Waals surface area (Å²) < 4.78 is 152. The Morgan fingerprint density at radius 3 is 0.806 bits per heavy atom. The number of benzene rings is 8. The van der Waals surface area contributed by atoms with Gasteiger partial charge in [0.25, 0.3) is 0 Å². The Morgan fingerprint density at radius 1 is 0.274 bits per heavy atom. The molecule has 62 heavy (non-hydrogen) atoms. The van der Waals surface area contributed by atoms with Gasteiger partial charge in [0.15, 0.2) is 57.7 Å². The quantitative estimate of drug-likeness (QED) is 0.0950. The van der Waals surface area contributed by atoms with Crippen molar-refractivity contribution in [1.29, 1.82) is 0 Å². The van der Waals surface area contributed by atoms with Gasteiger partial charge >= 0.3 is 0 Å². The van der Waals surface area contributed by atoms with Gasteiger partial charge in [-0.2, -0.15) is 0 Å². The van der Waals surface area contributed by atoms with E-state index in [-0.39, 0.29) is 11.1 Å². The third-order valence-corrected chi connectivity index (χ3v) is 10.6. The highest BCUT2D eigenvalue weighted by Crippen LogP contribution is 2.37. The first kappa shape index (κ1) is 38.5. The van der Waals surface area contributed by atoms with Crippen molar-refractivity contribution in [2.75, 3.05) is 0 Å². The predicted molar refractivity (Wildman–Crippen MR) is 211 cm³/mol. The van der Waals surface area contributed by atoms with Crippen LogP contribution in [0.15, 0.2) is 130 Å². The molecule has 2 aromatic heterocycles. The van der Waals surface area contributed by atoms with E-state index in [0.29, 0.717) is 67.4 Å². The SMILES string of the molecule is Fc1c(F)c(F)c(-c2ccc(-c3ccc(-c4nc5cc6cc7oc(-c8ccc(-c9ccc(-c%10c(F)c(F)c(F)c(F)c%10F)cc9)cc8)nc7cc6cc5o4)cc3)cc2)c(F)c1F. The van der Waals surface area contributed by atoms with Gasteiger partial charge in [0.2, 0.25) is 23.4 Å². The Morgan fingerprint density at radius 2 is 0.516 bits per heavy atom. The molecule has 0 aliphatic carbocycles. The van der Waals surface area contributed by atoms with E-state index in [4.69, 9.17) is 8.83 Å². The second-order valence-electron chi connectivity index (χ2n) is 14.2. The minimum atomic E-state index is -2.22. The molecule has 10 aromatic rings. The molecular formula is C48H20F10N2O2. The highest BCUT2D eigenvalue weighted by Gasteiger charge is 2.28. The zero-order valence-corrected chi connectivity index (χ0v) is 31.0. The van der Waals surface area contributed by atoms with Crippen LogP contribution in [0.3, 0.4) is 0 Å². The summed E-state index contributed by atoms with van der Waals surface area (Å²) in [6, 6.07) is 32.7. The monoisotopic (exact) mass is 846 g/mol. The molecule has 14 heteroatoms. The first-order valence-electron chi connectivity index (χ1n) is 18.4. The summed E-state index contributed by atoms with van der Waals surface area (Å²) in [4.78, 5) is 9.35. The molecule has 2 heterocycles. The van der Waals surface area contributed by atoms with Gasteiger partial charge in [0, 0.05) is 11.1 Å². The van der Waals surface area contributed by atoms with E-state index in [1.807, 2.05) is 24.3 Å². The molecule has 0 saturated heterocycles. The maximum absolute atomic E-state index is 14.4. The number of nitrogens with zero attached hydrogens (tertiary/aromatic N) is 2.